The minimum Gasteiger partial charge on any atom is -0.257 e. The Morgan fingerprint density at radius 2 is 2.06 bits per heavy atom. The molecule has 2 aromatic rings. The molecule has 0 saturated heterocycles. The van der Waals surface area contributed by atoms with E-state index in [0.717, 1.165) is 5.56 Å². The van der Waals surface area contributed by atoms with Gasteiger partial charge in [-0.15, -0.1) is 5.10 Å². The zero-order valence-electron chi connectivity index (χ0n) is 9.35. The van der Waals surface area contributed by atoms with Gasteiger partial charge in [0.1, 0.15) is 0 Å². The predicted octanol–water partition coefficient (Wildman–Crippen LogP) is 2.48. The lowest BCUT2D eigenvalue weighted by Gasteiger charge is -1.97. The van der Waals surface area contributed by atoms with E-state index in [-0.39, 0.29) is 5.95 Å². The van der Waals surface area contributed by atoms with Crippen LogP contribution in [0.2, 0.25) is 5.02 Å². The number of hydrogen-bond donors (Lipinski definition) is 1. The van der Waals surface area contributed by atoms with Gasteiger partial charge in [-0.05, 0) is 12.1 Å². The third-order valence-electron chi connectivity index (χ3n) is 1.90. The molecule has 90 valence electrons. The maximum absolute atomic E-state index is 11.5. The number of rotatable bonds is 2. The fourth-order valence-corrected chi connectivity index (χ4v) is 1.96. The minimum atomic E-state index is -2.26. The largest absolute Gasteiger partial charge is 0.276 e. The summed E-state index contributed by atoms with van der Waals surface area (Å²) >= 11 is 6.03. The summed E-state index contributed by atoms with van der Waals surface area (Å²) in [7, 11) is -2.26. The SMILES string of the molecule is CS(C)(=O)=Nc1n[nH]c(-c2ccccc2Cl)n1. The van der Waals surface area contributed by atoms with Gasteiger partial charge >= 0.3 is 0 Å². The Bertz CT molecular complexity index is 650. The summed E-state index contributed by atoms with van der Waals surface area (Å²) < 4.78 is 15.4. The van der Waals surface area contributed by atoms with E-state index in [0.29, 0.717) is 10.8 Å². The zero-order valence-corrected chi connectivity index (χ0v) is 10.9. The minimum absolute atomic E-state index is 0.176. The predicted molar refractivity (Wildman–Crippen MR) is 68.9 cm³/mol. The van der Waals surface area contributed by atoms with Crippen molar-refractivity contribution in [3.8, 4) is 11.4 Å². The van der Waals surface area contributed by atoms with E-state index in [1.54, 1.807) is 6.07 Å². The zero-order chi connectivity index (χ0) is 12.5. The molecule has 0 radical (unpaired) electrons. The molecule has 1 N–H and O–H groups in total. The van der Waals surface area contributed by atoms with Crippen molar-refractivity contribution in [2.45, 2.75) is 0 Å². The van der Waals surface area contributed by atoms with Gasteiger partial charge in [0.25, 0.3) is 5.95 Å². The monoisotopic (exact) mass is 270 g/mol. The van der Waals surface area contributed by atoms with Gasteiger partial charge in [0.15, 0.2) is 5.82 Å². The number of aromatic amines is 1. The van der Waals surface area contributed by atoms with E-state index in [1.807, 2.05) is 18.2 Å². The first kappa shape index (κ1) is 12.1. The quantitative estimate of drug-likeness (QED) is 0.911. The first-order chi connectivity index (χ1) is 7.96. The molecule has 0 fully saturated rings. The molecule has 7 heteroatoms. The Kier molecular flexibility index (Phi) is 3.17. The van der Waals surface area contributed by atoms with Gasteiger partial charge in [0.2, 0.25) is 0 Å². The Labute approximate surface area is 104 Å². The molecule has 0 bridgehead atoms. The molecule has 0 atom stereocenters. The number of hydrogen-bond acceptors (Lipinski definition) is 4. The standard InChI is InChI=1S/C10H11ClN4OS/c1-17(2,16)15-10-12-9(13-14-10)7-5-3-4-6-8(7)11/h3-6H,1-2H3,(H,12,13,14). The Morgan fingerprint density at radius 3 is 2.71 bits per heavy atom. The van der Waals surface area contributed by atoms with Crippen LogP contribution >= 0.6 is 11.6 Å². The van der Waals surface area contributed by atoms with Crippen molar-refractivity contribution in [1.29, 1.82) is 0 Å². The second-order valence-corrected chi connectivity index (χ2v) is 6.69. The van der Waals surface area contributed by atoms with Crippen molar-refractivity contribution < 1.29 is 4.21 Å². The summed E-state index contributed by atoms with van der Waals surface area (Å²) in [4.78, 5) is 4.13. The van der Waals surface area contributed by atoms with Crippen LogP contribution in [0.25, 0.3) is 11.4 Å². The summed E-state index contributed by atoms with van der Waals surface area (Å²) in [6, 6.07) is 7.27. The van der Waals surface area contributed by atoms with Crippen molar-refractivity contribution in [2.75, 3.05) is 12.5 Å². The topological polar surface area (TPSA) is 71.0 Å². The third-order valence-corrected chi connectivity index (χ3v) is 2.84. The molecule has 17 heavy (non-hydrogen) atoms. The number of nitrogens with one attached hydrogen (secondary N) is 1. The molecule has 1 aromatic carbocycles. The fourth-order valence-electron chi connectivity index (χ4n) is 1.26. The van der Waals surface area contributed by atoms with Crippen molar-refractivity contribution in [1.82, 2.24) is 15.2 Å². The van der Waals surface area contributed by atoms with Gasteiger partial charge in [-0.3, -0.25) is 5.10 Å². The average Bonchev–Trinajstić information content (AvgIpc) is 2.64. The lowest BCUT2D eigenvalue weighted by atomic mass is 10.2. The van der Waals surface area contributed by atoms with Crippen LogP contribution in [-0.2, 0) is 9.73 Å². The normalized spacial score (nSPS) is 11.5. The summed E-state index contributed by atoms with van der Waals surface area (Å²) in [5, 5.41) is 7.17. The van der Waals surface area contributed by atoms with E-state index in [9.17, 15) is 4.21 Å². The van der Waals surface area contributed by atoms with E-state index in [4.69, 9.17) is 11.6 Å². The van der Waals surface area contributed by atoms with E-state index < -0.39 is 9.73 Å². The summed E-state index contributed by atoms with van der Waals surface area (Å²) in [5.41, 5.74) is 0.738. The van der Waals surface area contributed by atoms with Gasteiger partial charge < -0.3 is 0 Å². The number of benzene rings is 1. The van der Waals surface area contributed by atoms with Gasteiger partial charge in [-0.2, -0.15) is 9.35 Å². The Morgan fingerprint density at radius 1 is 1.35 bits per heavy atom. The molecular formula is C10H11ClN4OS. The van der Waals surface area contributed by atoms with Crippen LogP contribution < -0.4 is 0 Å². The molecule has 0 spiro atoms. The summed E-state index contributed by atoms with van der Waals surface area (Å²) in [5.74, 6) is 0.688. The van der Waals surface area contributed by atoms with Gasteiger partial charge in [-0.25, -0.2) is 4.21 Å². The molecule has 0 aliphatic heterocycles. The molecule has 1 heterocycles. The third kappa shape index (κ3) is 3.04. The number of H-pyrrole nitrogens is 1. The molecule has 2 rings (SSSR count). The fraction of sp³-hybridized carbons (Fsp3) is 0.200. The van der Waals surface area contributed by atoms with Crippen LogP contribution in [0, 0.1) is 0 Å². The maximum atomic E-state index is 11.5. The van der Waals surface area contributed by atoms with Crippen molar-refractivity contribution in [2.24, 2.45) is 4.36 Å². The van der Waals surface area contributed by atoms with E-state index in [2.05, 4.69) is 19.5 Å². The highest BCUT2D eigenvalue weighted by Crippen LogP contribution is 2.25. The van der Waals surface area contributed by atoms with E-state index >= 15 is 0 Å². The lowest BCUT2D eigenvalue weighted by molar-refractivity contribution is 0.684. The average molecular weight is 271 g/mol. The van der Waals surface area contributed by atoms with Crippen molar-refractivity contribution in [3.63, 3.8) is 0 Å². The highest BCUT2D eigenvalue weighted by molar-refractivity contribution is 7.92. The van der Waals surface area contributed by atoms with Gasteiger partial charge in [-0.1, -0.05) is 23.7 Å². The lowest BCUT2D eigenvalue weighted by Crippen LogP contribution is -1.89. The molecule has 1 aromatic heterocycles. The Balaban J connectivity index is 2.44. The second-order valence-electron chi connectivity index (χ2n) is 3.74. The maximum Gasteiger partial charge on any atom is 0.276 e. The van der Waals surface area contributed by atoms with Crippen molar-refractivity contribution >= 4 is 27.3 Å². The summed E-state index contributed by atoms with van der Waals surface area (Å²) in [6.07, 6.45) is 3.05. The van der Waals surface area contributed by atoms with Crippen LogP contribution in [0.4, 0.5) is 5.95 Å². The summed E-state index contributed by atoms with van der Waals surface area (Å²) in [6.45, 7) is 0. The van der Waals surface area contributed by atoms with Crippen LogP contribution in [0.15, 0.2) is 28.6 Å². The van der Waals surface area contributed by atoms with Crippen LogP contribution in [-0.4, -0.2) is 31.9 Å². The highest BCUT2D eigenvalue weighted by Gasteiger charge is 2.08. The molecule has 0 aliphatic carbocycles. The van der Waals surface area contributed by atoms with Crippen molar-refractivity contribution in [3.05, 3.63) is 29.3 Å². The number of halogens is 1. The van der Waals surface area contributed by atoms with Gasteiger partial charge in [0, 0.05) is 27.8 Å². The molecule has 0 aliphatic rings. The van der Waals surface area contributed by atoms with Crippen LogP contribution in [0.3, 0.4) is 0 Å². The smallest absolute Gasteiger partial charge is 0.257 e. The first-order valence-corrected chi connectivity index (χ1v) is 7.51. The van der Waals surface area contributed by atoms with Crippen LogP contribution in [0.1, 0.15) is 0 Å². The number of nitrogens with zero attached hydrogens (tertiary/aromatic N) is 3. The second kappa shape index (κ2) is 4.46. The van der Waals surface area contributed by atoms with Gasteiger partial charge in [0.05, 0.1) is 5.02 Å². The molecular weight excluding hydrogens is 260 g/mol. The highest BCUT2D eigenvalue weighted by atomic mass is 35.5. The Hall–Kier alpha value is -1.40. The molecule has 0 unspecified atom stereocenters. The molecule has 0 saturated carbocycles. The van der Waals surface area contributed by atoms with Crippen LogP contribution in [0.5, 0.6) is 0 Å². The first-order valence-electron chi connectivity index (χ1n) is 4.80. The molecule has 0 amide bonds. The van der Waals surface area contributed by atoms with E-state index in [1.165, 1.54) is 12.5 Å². The number of aromatic nitrogens is 3. The molecule has 5 nitrogen and oxygen atoms in total.